The number of benzene rings is 1. The van der Waals surface area contributed by atoms with Crippen LogP contribution < -0.4 is 5.73 Å². The third kappa shape index (κ3) is 2.16. The Kier molecular flexibility index (Phi) is 2.66. The summed E-state index contributed by atoms with van der Waals surface area (Å²) in [7, 11) is 0. The molecule has 0 fully saturated rings. The maximum Gasteiger partial charge on any atom is 0.418 e. The van der Waals surface area contributed by atoms with E-state index in [9.17, 15) is 13.2 Å². The summed E-state index contributed by atoms with van der Waals surface area (Å²) in [6.07, 6.45) is -4.57. The van der Waals surface area contributed by atoms with E-state index in [0.717, 1.165) is 16.8 Å². The SMILES string of the molecule is Nc1nnnn1-c1ccc(Cl)cc1C(F)(F)F. The lowest BCUT2D eigenvalue weighted by molar-refractivity contribution is -0.137. The maximum atomic E-state index is 12.8. The Balaban J connectivity index is 2.67. The first-order valence-corrected chi connectivity index (χ1v) is 4.68. The van der Waals surface area contributed by atoms with Crippen LogP contribution in [0.5, 0.6) is 0 Å². The highest BCUT2D eigenvalue weighted by atomic mass is 35.5. The van der Waals surface area contributed by atoms with Crippen LogP contribution in [0.2, 0.25) is 5.02 Å². The number of halogens is 4. The van der Waals surface area contributed by atoms with Crippen molar-refractivity contribution >= 4 is 17.5 Å². The standard InChI is InChI=1S/C8H5ClF3N5/c9-4-1-2-6(5(3-4)8(10,11)12)17-7(13)14-15-16-17/h1-3H,(H2,13,14,16). The van der Waals surface area contributed by atoms with Gasteiger partial charge in [0.25, 0.3) is 0 Å². The molecule has 17 heavy (non-hydrogen) atoms. The van der Waals surface area contributed by atoms with Crippen LogP contribution in [0.3, 0.4) is 0 Å². The molecule has 0 saturated carbocycles. The summed E-state index contributed by atoms with van der Waals surface area (Å²) >= 11 is 5.53. The van der Waals surface area contributed by atoms with Crippen LogP contribution in [-0.4, -0.2) is 20.2 Å². The van der Waals surface area contributed by atoms with Gasteiger partial charge in [-0.1, -0.05) is 16.7 Å². The molecule has 0 saturated heterocycles. The summed E-state index contributed by atoms with van der Waals surface area (Å²) in [5, 5.41) is 9.84. The highest BCUT2D eigenvalue weighted by Crippen LogP contribution is 2.35. The summed E-state index contributed by atoms with van der Waals surface area (Å²) in [6, 6.07) is 3.24. The van der Waals surface area contributed by atoms with Crippen LogP contribution >= 0.6 is 11.6 Å². The van der Waals surface area contributed by atoms with Gasteiger partial charge in [-0.3, -0.25) is 0 Å². The Morgan fingerprint density at radius 2 is 2.00 bits per heavy atom. The molecule has 1 heterocycles. The molecular formula is C8H5ClF3N5. The second-order valence-corrected chi connectivity index (χ2v) is 3.54. The summed E-state index contributed by atoms with van der Waals surface area (Å²) in [4.78, 5) is 0. The molecule has 5 nitrogen and oxygen atoms in total. The van der Waals surface area contributed by atoms with Gasteiger partial charge in [0.15, 0.2) is 0 Å². The first-order chi connectivity index (χ1) is 7.89. The Hall–Kier alpha value is -1.83. The molecule has 0 spiro atoms. The molecule has 0 aliphatic carbocycles. The van der Waals surface area contributed by atoms with Gasteiger partial charge in [0.2, 0.25) is 5.95 Å². The zero-order chi connectivity index (χ0) is 12.6. The molecule has 0 aliphatic rings. The van der Waals surface area contributed by atoms with Crippen molar-refractivity contribution in [3.63, 3.8) is 0 Å². The number of nitrogens with zero attached hydrogens (tertiary/aromatic N) is 4. The van der Waals surface area contributed by atoms with Crippen LogP contribution in [0.1, 0.15) is 5.56 Å². The molecule has 0 atom stereocenters. The van der Waals surface area contributed by atoms with Crippen LogP contribution in [0.4, 0.5) is 19.1 Å². The van der Waals surface area contributed by atoms with Crippen molar-refractivity contribution in [3.05, 3.63) is 28.8 Å². The number of aromatic nitrogens is 4. The minimum Gasteiger partial charge on any atom is -0.366 e. The van der Waals surface area contributed by atoms with E-state index in [0.29, 0.717) is 0 Å². The van der Waals surface area contributed by atoms with Gasteiger partial charge < -0.3 is 5.73 Å². The van der Waals surface area contributed by atoms with Gasteiger partial charge in [0.05, 0.1) is 11.3 Å². The second-order valence-electron chi connectivity index (χ2n) is 3.11. The summed E-state index contributed by atoms with van der Waals surface area (Å²) in [6.45, 7) is 0. The Bertz CT molecular complexity index is 550. The number of nitrogen functional groups attached to an aromatic ring is 1. The fourth-order valence-corrected chi connectivity index (χ4v) is 1.46. The van der Waals surface area contributed by atoms with Gasteiger partial charge in [-0.25, -0.2) is 0 Å². The van der Waals surface area contributed by atoms with Crippen LogP contribution in [0.15, 0.2) is 18.2 Å². The molecule has 2 N–H and O–H groups in total. The van der Waals surface area contributed by atoms with E-state index >= 15 is 0 Å². The third-order valence-electron chi connectivity index (χ3n) is 1.99. The quantitative estimate of drug-likeness (QED) is 0.853. The van der Waals surface area contributed by atoms with Gasteiger partial charge in [-0.05, 0) is 28.6 Å². The number of hydrogen-bond donors (Lipinski definition) is 1. The average molecular weight is 264 g/mol. The largest absolute Gasteiger partial charge is 0.418 e. The normalized spacial score (nSPS) is 11.8. The zero-order valence-electron chi connectivity index (χ0n) is 8.11. The molecule has 2 aromatic rings. The summed E-state index contributed by atoms with van der Waals surface area (Å²) in [5.41, 5.74) is 4.12. The third-order valence-corrected chi connectivity index (χ3v) is 2.22. The summed E-state index contributed by atoms with van der Waals surface area (Å²) < 4.78 is 39.1. The van der Waals surface area contributed by atoms with E-state index in [2.05, 4.69) is 15.5 Å². The molecule has 9 heteroatoms. The fourth-order valence-electron chi connectivity index (χ4n) is 1.29. The first kappa shape index (κ1) is 11.6. The highest BCUT2D eigenvalue weighted by Gasteiger charge is 2.35. The van der Waals surface area contributed by atoms with E-state index in [-0.39, 0.29) is 16.7 Å². The van der Waals surface area contributed by atoms with Crippen molar-refractivity contribution in [2.75, 3.05) is 5.73 Å². The predicted octanol–water partition coefficient (Wildman–Crippen LogP) is 1.92. The fraction of sp³-hybridized carbons (Fsp3) is 0.125. The average Bonchev–Trinajstić information content (AvgIpc) is 2.63. The van der Waals surface area contributed by atoms with Gasteiger partial charge in [0.1, 0.15) is 0 Å². The van der Waals surface area contributed by atoms with Crippen LogP contribution in [-0.2, 0) is 6.18 Å². The molecule has 0 aliphatic heterocycles. The minimum absolute atomic E-state index is 0.0345. The second kappa shape index (κ2) is 3.88. The molecule has 0 bridgehead atoms. The van der Waals surface area contributed by atoms with E-state index in [4.69, 9.17) is 17.3 Å². The first-order valence-electron chi connectivity index (χ1n) is 4.30. The van der Waals surface area contributed by atoms with Gasteiger partial charge in [-0.2, -0.15) is 17.9 Å². The number of tetrazole rings is 1. The van der Waals surface area contributed by atoms with Crippen molar-refractivity contribution in [3.8, 4) is 5.69 Å². The molecule has 1 aromatic heterocycles. The molecule has 1 aromatic carbocycles. The number of hydrogen-bond acceptors (Lipinski definition) is 4. The van der Waals surface area contributed by atoms with Gasteiger partial charge in [-0.15, -0.1) is 0 Å². The maximum absolute atomic E-state index is 12.8. The topological polar surface area (TPSA) is 69.6 Å². The van der Waals surface area contributed by atoms with Crippen molar-refractivity contribution in [2.24, 2.45) is 0 Å². The van der Waals surface area contributed by atoms with Crippen molar-refractivity contribution in [1.29, 1.82) is 0 Å². The predicted molar refractivity (Wildman–Crippen MR) is 53.6 cm³/mol. The highest BCUT2D eigenvalue weighted by molar-refractivity contribution is 6.30. The number of alkyl halides is 3. The van der Waals surface area contributed by atoms with E-state index in [1.165, 1.54) is 6.07 Å². The lowest BCUT2D eigenvalue weighted by Gasteiger charge is -2.12. The minimum atomic E-state index is -4.57. The zero-order valence-corrected chi connectivity index (χ0v) is 8.87. The molecule has 0 radical (unpaired) electrons. The summed E-state index contributed by atoms with van der Waals surface area (Å²) in [5.74, 6) is -0.238. The van der Waals surface area contributed by atoms with E-state index in [1.54, 1.807) is 0 Å². The van der Waals surface area contributed by atoms with Crippen molar-refractivity contribution < 1.29 is 13.2 Å². The lowest BCUT2D eigenvalue weighted by Crippen LogP contribution is -2.13. The molecule has 90 valence electrons. The number of nitrogens with two attached hydrogens (primary N) is 1. The Labute approximate surface area is 98.0 Å². The van der Waals surface area contributed by atoms with E-state index in [1.807, 2.05) is 0 Å². The van der Waals surface area contributed by atoms with Crippen molar-refractivity contribution in [1.82, 2.24) is 20.2 Å². The van der Waals surface area contributed by atoms with Gasteiger partial charge in [0, 0.05) is 5.02 Å². The molecule has 0 unspecified atom stereocenters. The Morgan fingerprint density at radius 3 is 2.53 bits per heavy atom. The van der Waals surface area contributed by atoms with E-state index < -0.39 is 11.7 Å². The molecule has 2 rings (SSSR count). The number of rotatable bonds is 1. The number of anilines is 1. The van der Waals surface area contributed by atoms with Gasteiger partial charge >= 0.3 is 6.18 Å². The monoisotopic (exact) mass is 263 g/mol. The lowest BCUT2D eigenvalue weighted by atomic mass is 10.1. The smallest absolute Gasteiger partial charge is 0.366 e. The Morgan fingerprint density at radius 1 is 1.29 bits per heavy atom. The van der Waals surface area contributed by atoms with Crippen molar-refractivity contribution in [2.45, 2.75) is 6.18 Å². The van der Waals surface area contributed by atoms with Crippen LogP contribution in [0, 0.1) is 0 Å². The molecular weight excluding hydrogens is 259 g/mol. The molecule has 0 amide bonds. The van der Waals surface area contributed by atoms with Crippen LogP contribution in [0.25, 0.3) is 5.69 Å².